The fourth-order valence-corrected chi connectivity index (χ4v) is 3.79. The van der Waals surface area contributed by atoms with E-state index in [-0.39, 0.29) is 5.56 Å². The number of rotatable bonds is 2. The average Bonchev–Trinajstić information content (AvgIpc) is 3.10. The molecule has 3 rings (SSSR count). The molecule has 1 N–H and O–H groups in total. The molecule has 18 heavy (non-hydrogen) atoms. The van der Waals surface area contributed by atoms with Gasteiger partial charge in [0.1, 0.15) is 4.47 Å². The SMILES string of the molecule is Cc1sc(-c2nc(C3CC3)c(Br)c(=O)[nH]2)cc1Br. The smallest absolute Gasteiger partial charge is 0.265 e. The molecule has 1 aliphatic rings. The molecule has 0 spiro atoms. The number of nitrogens with one attached hydrogen (secondary N) is 1. The third-order valence-corrected chi connectivity index (χ3v) is 5.85. The van der Waals surface area contributed by atoms with Gasteiger partial charge in [0.25, 0.3) is 5.56 Å². The van der Waals surface area contributed by atoms with Gasteiger partial charge in [0.05, 0.1) is 10.6 Å². The molecule has 6 heteroatoms. The van der Waals surface area contributed by atoms with Crippen molar-refractivity contribution < 1.29 is 0 Å². The number of H-pyrrole nitrogens is 1. The second-order valence-corrected chi connectivity index (χ2v) is 7.31. The number of aromatic nitrogens is 2. The Bertz CT molecular complexity index is 654. The Hall–Kier alpha value is -0.460. The number of halogens is 2. The van der Waals surface area contributed by atoms with Crippen LogP contribution in [-0.4, -0.2) is 9.97 Å². The van der Waals surface area contributed by atoms with E-state index in [0.29, 0.717) is 16.2 Å². The molecular weight excluding hydrogens is 380 g/mol. The van der Waals surface area contributed by atoms with Crippen LogP contribution < -0.4 is 5.56 Å². The predicted molar refractivity (Wildman–Crippen MR) is 80.3 cm³/mol. The largest absolute Gasteiger partial charge is 0.305 e. The predicted octanol–water partition coefficient (Wildman–Crippen LogP) is 4.21. The molecule has 0 unspecified atom stereocenters. The standard InChI is InChI=1S/C12H10Br2N2OS/c1-5-7(13)4-8(18-5)11-15-10(6-2-3-6)9(14)12(17)16-11/h4,6H,2-3H2,1H3,(H,15,16,17). The number of aryl methyl sites for hydroxylation is 1. The molecule has 1 aliphatic carbocycles. The molecule has 1 saturated carbocycles. The second-order valence-electron chi connectivity index (χ2n) is 4.40. The first kappa shape index (κ1) is 12.6. The molecule has 2 heterocycles. The maximum atomic E-state index is 11.9. The Balaban J connectivity index is 2.15. The molecule has 2 aromatic rings. The average molecular weight is 390 g/mol. The fraction of sp³-hybridized carbons (Fsp3) is 0.333. The molecule has 0 aromatic carbocycles. The normalized spacial score (nSPS) is 15.1. The van der Waals surface area contributed by atoms with Crippen LogP contribution in [0.2, 0.25) is 0 Å². The van der Waals surface area contributed by atoms with Crippen LogP contribution >= 0.6 is 43.2 Å². The Morgan fingerprint density at radius 2 is 2.17 bits per heavy atom. The van der Waals surface area contributed by atoms with E-state index in [0.717, 1.165) is 27.9 Å². The van der Waals surface area contributed by atoms with Crippen LogP contribution in [0, 0.1) is 6.92 Å². The second kappa shape index (κ2) is 4.58. The van der Waals surface area contributed by atoms with Crippen LogP contribution in [0.4, 0.5) is 0 Å². The van der Waals surface area contributed by atoms with Gasteiger partial charge in [-0.05, 0) is 57.7 Å². The Kier molecular flexibility index (Phi) is 3.20. The Labute approximate surface area is 125 Å². The molecule has 0 amide bonds. The van der Waals surface area contributed by atoms with E-state index < -0.39 is 0 Å². The zero-order chi connectivity index (χ0) is 12.9. The summed E-state index contributed by atoms with van der Waals surface area (Å²) in [5, 5.41) is 0. The summed E-state index contributed by atoms with van der Waals surface area (Å²) in [6, 6.07) is 2.00. The van der Waals surface area contributed by atoms with Crippen LogP contribution in [-0.2, 0) is 0 Å². The van der Waals surface area contributed by atoms with E-state index in [1.54, 1.807) is 11.3 Å². The first-order valence-corrected chi connectivity index (χ1v) is 8.02. The van der Waals surface area contributed by atoms with Crippen LogP contribution in [0.25, 0.3) is 10.7 Å². The minimum atomic E-state index is -0.0934. The van der Waals surface area contributed by atoms with Gasteiger partial charge < -0.3 is 4.98 Å². The number of aromatic amines is 1. The quantitative estimate of drug-likeness (QED) is 0.836. The lowest BCUT2D eigenvalue weighted by atomic mass is 10.3. The van der Waals surface area contributed by atoms with Crippen molar-refractivity contribution in [1.82, 2.24) is 9.97 Å². The monoisotopic (exact) mass is 388 g/mol. The van der Waals surface area contributed by atoms with Gasteiger partial charge in [-0.25, -0.2) is 4.98 Å². The van der Waals surface area contributed by atoms with E-state index in [9.17, 15) is 4.79 Å². The summed E-state index contributed by atoms with van der Waals surface area (Å²) >= 11 is 8.45. The maximum Gasteiger partial charge on any atom is 0.265 e. The van der Waals surface area contributed by atoms with Crippen molar-refractivity contribution in [2.75, 3.05) is 0 Å². The van der Waals surface area contributed by atoms with E-state index in [4.69, 9.17) is 0 Å². The van der Waals surface area contributed by atoms with Crippen molar-refractivity contribution in [2.24, 2.45) is 0 Å². The van der Waals surface area contributed by atoms with Crippen molar-refractivity contribution in [3.8, 4) is 10.7 Å². The van der Waals surface area contributed by atoms with Gasteiger partial charge in [-0.1, -0.05) is 0 Å². The first-order valence-electron chi connectivity index (χ1n) is 5.62. The summed E-state index contributed by atoms with van der Waals surface area (Å²) in [7, 11) is 0. The van der Waals surface area contributed by atoms with Gasteiger partial charge in [0.15, 0.2) is 5.82 Å². The highest BCUT2D eigenvalue weighted by Gasteiger charge is 2.29. The van der Waals surface area contributed by atoms with Gasteiger partial charge in [0, 0.05) is 15.3 Å². The number of nitrogens with zero attached hydrogens (tertiary/aromatic N) is 1. The minimum absolute atomic E-state index is 0.0934. The number of hydrogen-bond donors (Lipinski definition) is 1. The van der Waals surface area contributed by atoms with Gasteiger partial charge in [0.2, 0.25) is 0 Å². The van der Waals surface area contributed by atoms with Crippen molar-refractivity contribution in [3.63, 3.8) is 0 Å². The zero-order valence-corrected chi connectivity index (χ0v) is 13.6. The van der Waals surface area contributed by atoms with Gasteiger partial charge in [-0.2, -0.15) is 0 Å². The van der Waals surface area contributed by atoms with Crippen LogP contribution in [0.15, 0.2) is 19.8 Å². The fourth-order valence-electron chi connectivity index (χ4n) is 1.80. The third kappa shape index (κ3) is 2.21. The first-order chi connectivity index (χ1) is 8.56. The van der Waals surface area contributed by atoms with E-state index >= 15 is 0 Å². The van der Waals surface area contributed by atoms with Crippen molar-refractivity contribution in [1.29, 1.82) is 0 Å². The highest BCUT2D eigenvalue weighted by atomic mass is 79.9. The molecule has 0 radical (unpaired) electrons. The van der Waals surface area contributed by atoms with E-state index in [2.05, 4.69) is 41.8 Å². The molecule has 0 bridgehead atoms. The topological polar surface area (TPSA) is 45.8 Å². The minimum Gasteiger partial charge on any atom is -0.305 e. The van der Waals surface area contributed by atoms with Crippen LogP contribution in [0.1, 0.15) is 29.3 Å². The molecule has 2 aromatic heterocycles. The lowest BCUT2D eigenvalue weighted by Crippen LogP contribution is -2.12. The summed E-state index contributed by atoms with van der Waals surface area (Å²) in [5.74, 6) is 1.12. The van der Waals surface area contributed by atoms with Gasteiger partial charge in [-0.3, -0.25) is 4.79 Å². The number of hydrogen-bond acceptors (Lipinski definition) is 3. The molecular formula is C12H10Br2N2OS. The summed E-state index contributed by atoms with van der Waals surface area (Å²) in [4.78, 5) is 21.5. The lowest BCUT2D eigenvalue weighted by Gasteiger charge is -2.03. The van der Waals surface area contributed by atoms with Crippen LogP contribution in [0.3, 0.4) is 0 Å². The molecule has 94 valence electrons. The van der Waals surface area contributed by atoms with Crippen molar-refractivity contribution in [3.05, 3.63) is 35.9 Å². The number of thiophene rings is 1. The van der Waals surface area contributed by atoms with Crippen molar-refractivity contribution >= 4 is 43.2 Å². The Morgan fingerprint density at radius 1 is 1.44 bits per heavy atom. The maximum absolute atomic E-state index is 11.9. The summed E-state index contributed by atoms with van der Waals surface area (Å²) in [6.45, 7) is 2.04. The molecule has 0 saturated heterocycles. The highest BCUT2D eigenvalue weighted by Crippen LogP contribution is 2.42. The van der Waals surface area contributed by atoms with E-state index in [1.807, 2.05) is 13.0 Å². The zero-order valence-electron chi connectivity index (χ0n) is 9.59. The highest BCUT2D eigenvalue weighted by molar-refractivity contribution is 9.10. The van der Waals surface area contributed by atoms with Gasteiger partial charge >= 0.3 is 0 Å². The summed E-state index contributed by atoms with van der Waals surface area (Å²) < 4.78 is 1.64. The third-order valence-electron chi connectivity index (χ3n) is 2.94. The molecule has 0 atom stereocenters. The molecule has 0 aliphatic heterocycles. The van der Waals surface area contributed by atoms with Gasteiger partial charge in [-0.15, -0.1) is 11.3 Å². The lowest BCUT2D eigenvalue weighted by molar-refractivity contribution is 0.962. The van der Waals surface area contributed by atoms with E-state index in [1.165, 1.54) is 4.88 Å². The molecule has 1 fully saturated rings. The Morgan fingerprint density at radius 3 is 2.72 bits per heavy atom. The summed E-state index contributed by atoms with van der Waals surface area (Å²) in [5.41, 5.74) is 0.806. The van der Waals surface area contributed by atoms with Crippen LogP contribution in [0.5, 0.6) is 0 Å². The van der Waals surface area contributed by atoms with Crippen molar-refractivity contribution in [2.45, 2.75) is 25.7 Å². The summed E-state index contributed by atoms with van der Waals surface area (Å²) in [6.07, 6.45) is 2.25. The molecule has 3 nitrogen and oxygen atoms in total.